The van der Waals surface area contributed by atoms with Crippen molar-refractivity contribution in [2.45, 2.75) is 38.8 Å². The Kier molecular flexibility index (Phi) is 5.92. The summed E-state index contributed by atoms with van der Waals surface area (Å²) in [6.07, 6.45) is 2.97. The zero-order chi connectivity index (χ0) is 17.7. The van der Waals surface area contributed by atoms with Crippen LogP contribution in [0.4, 0.5) is 5.69 Å². The summed E-state index contributed by atoms with van der Waals surface area (Å²) < 4.78 is 5.50. The molecule has 7 heteroatoms. The SMILES string of the molecule is C=Cc1cc(OC(C)C)c([N+](=O)[O-])cc1C(=O)NC1CCNCC1. The molecule has 1 heterocycles. The Labute approximate surface area is 141 Å². The molecule has 2 rings (SSSR count). The summed E-state index contributed by atoms with van der Waals surface area (Å²) in [4.78, 5) is 23.3. The molecule has 130 valence electrons. The van der Waals surface area contributed by atoms with Gasteiger partial charge in [-0.15, -0.1) is 0 Å². The molecule has 0 radical (unpaired) electrons. The Morgan fingerprint density at radius 3 is 2.67 bits per heavy atom. The summed E-state index contributed by atoms with van der Waals surface area (Å²) in [7, 11) is 0. The van der Waals surface area contributed by atoms with Gasteiger partial charge in [0.2, 0.25) is 0 Å². The van der Waals surface area contributed by atoms with Crippen molar-refractivity contribution in [2.75, 3.05) is 13.1 Å². The van der Waals surface area contributed by atoms with E-state index in [4.69, 9.17) is 4.74 Å². The minimum Gasteiger partial charge on any atom is -0.484 e. The van der Waals surface area contributed by atoms with Crippen molar-refractivity contribution < 1.29 is 14.5 Å². The van der Waals surface area contributed by atoms with E-state index < -0.39 is 4.92 Å². The molecule has 0 spiro atoms. The van der Waals surface area contributed by atoms with Crippen molar-refractivity contribution in [3.8, 4) is 5.75 Å². The third-order valence-corrected chi connectivity index (χ3v) is 3.83. The molecule has 1 aliphatic rings. The quantitative estimate of drug-likeness (QED) is 0.616. The summed E-state index contributed by atoms with van der Waals surface area (Å²) in [5, 5.41) is 17.5. The highest BCUT2D eigenvalue weighted by Crippen LogP contribution is 2.32. The second-order valence-corrected chi connectivity index (χ2v) is 6.03. The topological polar surface area (TPSA) is 93.5 Å². The summed E-state index contributed by atoms with van der Waals surface area (Å²) in [5.74, 6) is -0.181. The molecule has 2 N–H and O–H groups in total. The number of nitrogens with zero attached hydrogens (tertiary/aromatic N) is 1. The average Bonchev–Trinajstić information content (AvgIpc) is 2.54. The summed E-state index contributed by atoms with van der Waals surface area (Å²) in [5.41, 5.74) is 0.541. The van der Waals surface area contributed by atoms with E-state index in [1.165, 1.54) is 18.2 Å². The normalized spacial score (nSPS) is 15.1. The van der Waals surface area contributed by atoms with Crippen LogP contribution >= 0.6 is 0 Å². The van der Waals surface area contributed by atoms with Gasteiger partial charge in [0.15, 0.2) is 5.75 Å². The van der Waals surface area contributed by atoms with Gasteiger partial charge in [-0.2, -0.15) is 0 Å². The lowest BCUT2D eigenvalue weighted by Crippen LogP contribution is -2.42. The van der Waals surface area contributed by atoms with E-state index in [1.54, 1.807) is 13.8 Å². The van der Waals surface area contributed by atoms with Crippen molar-refractivity contribution in [1.29, 1.82) is 0 Å². The molecule has 1 aromatic rings. The van der Waals surface area contributed by atoms with Crippen LogP contribution in [0.25, 0.3) is 6.08 Å². The van der Waals surface area contributed by atoms with Crippen molar-refractivity contribution in [3.05, 3.63) is 40.0 Å². The first-order valence-corrected chi connectivity index (χ1v) is 8.05. The van der Waals surface area contributed by atoms with Gasteiger partial charge in [-0.3, -0.25) is 14.9 Å². The van der Waals surface area contributed by atoms with Gasteiger partial charge in [0, 0.05) is 12.1 Å². The standard InChI is InChI=1S/C17H23N3O4/c1-4-12-9-16(24-11(2)3)15(20(22)23)10-14(12)17(21)19-13-5-7-18-8-6-13/h4,9-11,13,18H,1,5-8H2,2-3H3,(H,19,21). The van der Waals surface area contributed by atoms with Gasteiger partial charge >= 0.3 is 5.69 Å². The van der Waals surface area contributed by atoms with E-state index in [0.717, 1.165) is 25.9 Å². The monoisotopic (exact) mass is 333 g/mol. The third kappa shape index (κ3) is 4.32. The second-order valence-electron chi connectivity index (χ2n) is 6.03. The molecule has 1 saturated heterocycles. The lowest BCUT2D eigenvalue weighted by molar-refractivity contribution is -0.386. The number of ether oxygens (including phenoxy) is 1. The molecule has 1 fully saturated rings. The third-order valence-electron chi connectivity index (χ3n) is 3.83. The van der Waals surface area contributed by atoms with Crippen LogP contribution < -0.4 is 15.4 Å². The van der Waals surface area contributed by atoms with Crippen molar-refractivity contribution in [2.24, 2.45) is 0 Å². The van der Waals surface area contributed by atoms with Gasteiger partial charge in [-0.25, -0.2) is 0 Å². The fraction of sp³-hybridized carbons (Fsp3) is 0.471. The molecule has 0 aliphatic carbocycles. The highest BCUT2D eigenvalue weighted by Gasteiger charge is 2.24. The summed E-state index contributed by atoms with van der Waals surface area (Å²) >= 11 is 0. The fourth-order valence-corrected chi connectivity index (χ4v) is 2.67. The maximum Gasteiger partial charge on any atom is 0.311 e. The molecule has 0 atom stereocenters. The van der Waals surface area contributed by atoms with Gasteiger partial charge in [0.1, 0.15) is 0 Å². The van der Waals surface area contributed by atoms with Crippen LogP contribution in [0.3, 0.4) is 0 Å². The van der Waals surface area contributed by atoms with Gasteiger partial charge in [0.25, 0.3) is 5.91 Å². The number of nitro benzene ring substituents is 1. The number of hydrogen-bond acceptors (Lipinski definition) is 5. The Morgan fingerprint density at radius 1 is 1.46 bits per heavy atom. The summed E-state index contributed by atoms with van der Waals surface area (Å²) in [6.45, 7) is 8.97. The van der Waals surface area contributed by atoms with E-state index >= 15 is 0 Å². The maximum atomic E-state index is 12.6. The first-order chi connectivity index (χ1) is 11.4. The predicted octanol–water partition coefficient (Wildman–Crippen LogP) is 2.51. The number of nitrogens with one attached hydrogen (secondary N) is 2. The maximum absolute atomic E-state index is 12.6. The number of amides is 1. The lowest BCUT2D eigenvalue weighted by atomic mass is 10.0. The van der Waals surface area contributed by atoms with Crippen LogP contribution in [0.5, 0.6) is 5.75 Å². The van der Waals surface area contributed by atoms with Crippen molar-refractivity contribution in [3.63, 3.8) is 0 Å². The fourth-order valence-electron chi connectivity index (χ4n) is 2.67. The number of hydrogen-bond donors (Lipinski definition) is 2. The largest absolute Gasteiger partial charge is 0.484 e. The number of carbonyl (C=O) groups excluding carboxylic acids is 1. The van der Waals surface area contributed by atoms with E-state index in [2.05, 4.69) is 17.2 Å². The molecule has 0 saturated carbocycles. The number of piperidine rings is 1. The molecular formula is C17H23N3O4. The van der Waals surface area contributed by atoms with E-state index in [-0.39, 0.29) is 35.1 Å². The van der Waals surface area contributed by atoms with E-state index in [1.807, 2.05) is 0 Å². The van der Waals surface area contributed by atoms with Crippen LogP contribution in [0.1, 0.15) is 42.6 Å². The molecule has 0 unspecified atom stereocenters. The molecule has 0 aromatic heterocycles. The molecule has 1 amide bonds. The Morgan fingerprint density at radius 2 is 2.12 bits per heavy atom. The lowest BCUT2D eigenvalue weighted by Gasteiger charge is -2.24. The Balaban J connectivity index is 2.33. The predicted molar refractivity (Wildman–Crippen MR) is 92.3 cm³/mol. The van der Waals surface area contributed by atoms with Crippen LogP contribution in [-0.2, 0) is 0 Å². The van der Waals surface area contributed by atoms with E-state index in [0.29, 0.717) is 5.56 Å². The smallest absolute Gasteiger partial charge is 0.311 e. The zero-order valence-electron chi connectivity index (χ0n) is 14.0. The van der Waals surface area contributed by atoms with Crippen molar-refractivity contribution in [1.82, 2.24) is 10.6 Å². The first-order valence-electron chi connectivity index (χ1n) is 8.05. The van der Waals surface area contributed by atoms with Gasteiger partial charge < -0.3 is 15.4 Å². The number of rotatable bonds is 6. The van der Waals surface area contributed by atoms with Crippen LogP contribution in [0, 0.1) is 10.1 Å². The second kappa shape index (κ2) is 7.92. The minimum atomic E-state index is -0.536. The number of carbonyl (C=O) groups is 1. The highest BCUT2D eigenvalue weighted by molar-refractivity contribution is 5.99. The van der Waals surface area contributed by atoms with E-state index in [9.17, 15) is 14.9 Å². The average molecular weight is 333 g/mol. The van der Waals surface area contributed by atoms with Crippen LogP contribution in [-0.4, -0.2) is 36.1 Å². The van der Waals surface area contributed by atoms with Gasteiger partial charge in [-0.1, -0.05) is 12.7 Å². The molecule has 7 nitrogen and oxygen atoms in total. The first kappa shape index (κ1) is 17.9. The molecule has 24 heavy (non-hydrogen) atoms. The molecule has 0 bridgehead atoms. The van der Waals surface area contributed by atoms with Gasteiger partial charge in [0.05, 0.1) is 16.6 Å². The van der Waals surface area contributed by atoms with Crippen molar-refractivity contribution >= 4 is 17.7 Å². The van der Waals surface area contributed by atoms with Crippen LogP contribution in [0.2, 0.25) is 0 Å². The number of nitro groups is 1. The van der Waals surface area contributed by atoms with Gasteiger partial charge in [-0.05, 0) is 51.4 Å². The highest BCUT2D eigenvalue weighted by atomic mass is 16.6. The Hall–Kier alpha value is -2.41. The minimum absolute atomic E-state index is 0.0714. The molecule has 1 aliphatic heterocycles. The summed E-state index contributed by atoms with van der Waals surface area (Å²) in [6, 6.07) is 2.84. The van der Waals surface area contributed by atoms with Crippen LogP contribution in [0.15, 0.2) is 18.7 Å². The molecule has 1 aromatic carbocycles. The zero-order valence-corrected chi connectivity index (χ0v) is 14.0. The molecular weight excluding hydrogens is 310 g/mol. The Bertz CT molecular complexity index is 637. The number of benzene rings is 1.